The van der Waals surface area contributed by atoms with Crippen molar-refractivity contribution in [2.45, 2.75) is 83.7 Å². The van der Waals surface area contributed by atoms with Crippen molar-refractivity contribution in [1.29, 1.82) is 0 Å². The molecule has 3 aromatic rings. The molecule has 2 aromatic carbocycles. The molecule has 0 bridgehead atoms. The van der Waals surface area contributed by atoms with Gasteiger partial charge in [-0.2, -0.15) is 0 Å². The largest absolute Gasteiger partial charge is 0.493 e. The van der Waals surface area contributed by atoms with E-state index >= 15 is 0 Å². The van der Waals surface area contributed by atoms with Crippen molar-refractivity contribution in [1.82, 2.24) is 9.47 Å². The van der Waals surface area contributed by atoms with Crippen molar-refractivity contribution in [2.75, 3.05) is 24.6 Å². The van der Waals surface area contributed by atoms with Gasteiger partial charge >= 0.3 is 5.97 Å². The third-order valence-electron chi connectivity index (χ3n) is 9.56. The summed E-state index contributed by atoms with van der Waals surface area (Å²) in [5, 5.41) is 10.7. The molecule has 3 heterocycles. The average molecular weight is 604 g/mol. The van der Waals surface area contributed by atoms with Gasteiger partial charge in [-0.25, -0.2) is 4.39 Å². The quantitative estimate of drug-likeness (QED) is 0.241. The number of fused-ring (bicyclic) bond motifs is 1. The predicted molar refractivity (Wildman–Crippen MR) is 171 cm³/mol. The summed E-state index contributed by atoms with van der Waals surface area (Å²) in [7, 11) is 2.00. The Labute approximate surface area is 260 Å². The summed E-state index contributed by atoms with van der Waals surface area (Å²) in [6.45, 7) is 7.17. The Hall–Kier alpha value is -3.65. The molecule has 236 valence electrons. The Morgan fingerprint density at radius 3 is 2.55 bits per heavy atom. The van der Waals surface area contributed by atoms with Gasteiger partial charge in [-0.1, -0.05) is 38.8 Å². The number of likely N-dealkylation sites (tertiary alicyclic amines) is 1. The van der Waals surface area contributed by atoms with Crippen LogP contribution in [0, 0.1) is 18.7 Å². The average Bonchev–Trinajstić information content (AvgIpc) is 3.72. The van der Waals surface area contributed by atoms with Gasteiger partial charge < -0.3 is 19.3 Å². The maximum absolute atomic E-state index is 14.4. The van der Waals surface area contributed by atoms with Crippen molar-refractivity contribution in [3.05, 3.63) is 82.9 Å². The number of rotatable bonds is 13. The van der Waals surface area contributed by atoms with Crippen LogP contribution >= 0.6 is 0 Å². The highest BCUT2D eigenvalue weighted by Gasteiger charge is 2.47. The van der Waals surface area contributed by atoms with E-state index in [1.165, 1.54) is 6.07 Å². The summed E-state index contributed by atoms with van der Waals surface area (Å²) in [6, 6.07) is 14.7. The number of nitrogens with zero attached hydrogens (tertiary/aromatic N) is 3. The topological polar surface area (TPSA) is 75.0 Å². The molecule has 3 unspecified atom stereocenters. The minimum Gasteiger partial charge on any atom is -0.493 e. The van der Waals surface area contributed by atoms with Crippen LogP contribution in [0.1, 0.15) is 74.3 Å². The third kappa shape index (κ3) is 6.70. The maximum atomic E-state index is 14.4. The summed E-state index contributed by atoms with van der Waals surface area (Å²) < 4.78 is 22.1. The van der Waals surface area contributed by atoms with E-state index in [1.807, 2.05) is 36.3 Å². The Morgan fingerprint density at radius 2 is 1.89 bits per heavy atom. The van der Waals surface area contributed by atoms with Crippen LogP contribution in [0.2, 0.25) is 0 Å². The number of carbonyl (C=O) groups is 2. The van der Waals surface area contributed by atoms with Crippen molar-refractivity contribution in [3.63, 3.8) is 0 Å². The number of aliphatic carboxylic acids is 1. The molecule has 1 amide bonds. The Bertz CT molecular complexity index is 1460. The van der Waals surface area contributed by atoms with E-state index in [2.05, 4.69) is 35.4 Å². The molecule has 8 heteroatoms. The number of aromatic nitrogens is 1. The minimum absolute atomic E-state index is 0.0189. The first-order valence-electron chi connectivity index (χ1n) is 16.1. The van der Waals surface area contributed by atoms with Gasteiger partial charge in [0, 0.05) is 55.6 Å². The monoisotopic (exact) mass is 603 g/mol. The first-order valence-corrected chi connectivity index (χ1v) is 16.1. The summed E-state index contributed by atoms with van der Waals surface area (Å²) in [6.07, 6.45) is 7.66. The van der Waals surface area contributed by atoms with E-state index in [0.717, 1.165) is 54.7 Å². The van der Waals surface area contributed by atoms with E-state index < -0.39 is 11.9 Å². The first-order chi connectivity index (χ1) is 21.2. The molecule has 1 fully saturated rings. The lowest BCUT2D eigenvalue weighted by molar-refractivity contribution is -0.143. The zero-order chi connectivity index (χ0) is 31.4. The molecule has 0 spiro atoms. The van der Waals surface area contributed by atoms with E-state index in [9.17, 15) is 19.1 Å². The molecule has 7 nitrogen and oxygen atoms in total. The number of hydrogen-bond donors (Lipinski definition) is 1. The highest BCUT2D eigenvalue weighted by atomic mass is 19.1. The molecule has 5 rings (SSSR count). The lowest BCUT2D eigenvalue weighted by atomic mass is 9.83. The molecule has 1 aromatic heterocycles. The van der Waals surface area contributed by atoms with Crippen molar-refractivity contribution >= 4 is 17.6 Å². The molecule has 1 saturated heterocycles. The maximum Gasteiger partial charge on any atom is 0.308 e. The van der Waals surface area contributed by atoms with Crippen LogP contribution < -0.4 is 9.64 Å². The smallest absolute Gasteiger partial charge is 0.308 e. The Balaban J connectivity index is 1.49. The number of benzene rings is 2. The highest BCUT2D eigenvalue weighted by molar-refractivity contribution is 5.95. The van der Waals surface area contributed by atoms with Gasteiger partial charge in [0.25, 0.3) is 0 Å². The van der Waals surface area contributed by atoms with Gasteiger partial charge in [0.2, 0.25) is 5.91 Å². The van der Waals surface area contributed by atoms with E-state index in [0.29, 0.717) is 37.2 Å². The first kappa shape index (κ1) is 31.8. The fourth-order valence-corrected chi connectivity index (χ4v) is 7.34. The number of hydrogen-bond acceptors (Lipinski definition) is 4. The van der Waals surface area contributed by atoms with Crippen LogP contribution in [0.15, 0.2) is 54.7 Å². The van der Waals surface area contributed by atoms with Crippen LogP contribution in [0.5, 0.6) is 5.75 Å². The van der Waals surface area contributed by atoms with E-state index in [1.54, 1.807) is 19.1 Å². The number of amides is 1. The fourth-order valence-electron chi connectivity index (χ4n) is 7.34. The second-order valence-electron chi connectivity index (χ2n) is 12.5. The molecular weight excluding hydrogens is 557 g/mol. The molecule has 0 saturated carbocycles. The van der Waals surface area contributed by atoms with Crippen molar-refractivity contribution in [2.24, 2.45) is 13.0 Å². The molecule has 3 atom stereocenters. The molecule has 2 aliphatic rings. The number of ether oxygens (including phenoxy) is 1. The number of aryl methyl sites for hydroxylation is 3. The summed E-state index contributed by atoms with van der Waals surface area (Å²) >= 11 is 0. The molecule has 2 aliphatic heterocycles. The van der Waals surface area contributed by atoms with Crippen molar-refractivity contribution < 1.29 is 23.8 Å². The lowest BCUT2D eigenvalue weighted by Gasteiger charge is -2.35. The molecule has 1 N–H and O–H groups in total. The molecule has 0 aliphatic carbocycles. The van der Waals surface area contributed by atoms with Crippen LogP contribution in [-0.2, 0) is 29.5 Å². The number of carbonyl (C=O) groups excluding carboxylic acids is 1. The zero-order valence-corrected chi connectivity index (χ0v) is 26.5. The van der Waals surface area contributed by atoms with Gasteiger partial charge in [0.05, 0.1) is 19.1 Å². The van der Waals surface area contributed by atoms with Crippen LogP contribution in [0.4, 0.5) is 10.1 Å². The molecular formula is C36H46FN3O4. The second kappa shape index (κ2) is 14.0. The van der Waals surface area contributed by atoms with Crippen LogP contribution in [-0.4, -0.2) is 58.2 Å². The summed E-state index contributed by atoms with van der Waals surface area (Å²) in [5.41, 5.74) is 4.43. The van der Waals surface area contributed by atoms with Gasteiger partial charge in [0.15, 0.2) is 0 Å². The number of halogens is 1. The normalized spacial score (nSPS) is 19.7. The zero-order valence-electron chi connectivity index (χ0n) is 26.5. The summed E-state index contributed by atoms with van der Waals surface area (Å²) in [5.74, 6) is -1.25. The number of anilines is 1. The Kier molecular flexibility index (Phi) is 10.1. The van der Waals surface area contributed by atoms with Gasteiger partial charge in [0.1, 0.15) is 11.6 Å². The van der Waals surface area contributed by atoms with Gasteiger partial charge in [-0.05, 0) is 85.7 Å². The van der Waals surface area contributed by atoms with E-state index in [4.69, 9.17) is 4.74 Å². The van der Waals surface area contributed by atoms with Gasteiger partial charge in [-0.15, -0.1) is 0 Å². The van der Waals surface area contributed by atoms with Crippen molar-refractivity contribution in [3.8, 4) is 5.75 Å². The summed E-state index contributed by atoms with van der Waals surface area (Å²) in [4.78, 5) is 31.4. The fraction of sp³-hybridized carbons (Fsp3) is 0.500. The molecule has 0 radical (unpaired) electrons. The molecule has 44 heavy (non-hydrogen) atoms. The van der Waals surface area contributed by atoms with E-state index in [-0.39, 0.29) is 36.3 Å². The minimum atomic E-state index is -0.834. The second-order valence-corrected chi connectivity index (χ2v) is 12.5. The lowest BCUT2D eigenvalue weighted by Crippen LogP contribution is -2.48. The van der Waals surface area contributed by atoms with Gasteiger partial charge in [-0.3, -0.25) is 14.5 Å². The van der Waals surface area contributed by atoms with Crippen LogP contribution in [0.25, 0.3) is 0 Å². The Morgan fingerprint density at radius 1 is 1.11 bits per heavy atom. The predicted octanol–water partition coefficient (Wildman–Crippen LogP) is 6.51. The number of carboxylic acids is 1. The van der Waals surface area contributed by atoms with Crippen LogP contribution in [0.3, 0.4) is 0 Å². The third-order valence-corrected chi connectivity index (χ3v) is 9.56. The SMILES string of the molecule is CCCC(CCC)N(C(=O)CN1CC(c2ccc3c(c2)CCO3)C(C(=O)O)C1CCc1cccn1C)c1ccc(F)c(C)c1. The number of carboxylic acid groups (broad SMARTS) is 1. The standard InChI is InChI=1S/C36H46FN3O4/c1-5-8-28(9-6-2)40(29-12-14-31(37)24(3)20-29)34(41)23-39-22-30(25-11-16-33-26(21-25)17-19-44-33)35(36(42)43)32(39)15-13-27-10-7-18-38(27)4/h7,10-12,14,16,18,20-21,28,30,32,35H,5-6,8-9,13,15,17,19,22-23H2,1-4H3,(H,42,43). The highest BCUT2D eigenvalue weighted by Crippen LogP contribution is 2.41.